The second kappa shape index (κ2) is 4.40. The van der Waals surface area contributed by atoms with Crippen molar-refractivity contribution >= 4 is 5.97 Å². The molecule has 14 heavy (non-hydrogen) atoms. The van der Waals surface area contributed by atoms with Crippen molar-refractivity contribution in [2.45, 2.75) is 12.5 Å². The SMILES string of the molecule is N#Cc1ccc(C[C@@H](O)C(=O)O)cc1. The number of nitriles is 1. The Kier molecular flexibility index (Phi) is 3.21. The second-order valence-electron chi connectivity index (χ2n) is 2.87. The van der Waals surface area contributed by atoms with Gasteiger partial charge < -0.3 is 10.2 Å². The van der Waals surface area contributed by atoms with Gasteiger partial charge in [0.25, 0.3) is 0 Å². The predicted molar refractivity (Wildman–Crippen MR) is 48.5 cm³/mol. The quantitative estimate of drug-likeness (QED) is 0.730. The zero-order chi connectivity index (χ0) is 10.6. The molecule has 1 aromatic rings. The summed E-state index contributed by atoms with van der Waals surface area (Å²) in [5.74, 6) is -1.24. The summed E-state index contributed by atoms with van der Waals surface area (Å²) in [5, 5.41) is 26.0. The Hall–Kier alpha value is -1.86. The van der Waals surface area contributed by atoms with E-state index in [2.05, 4.69) is 0 Å². The zero-order valence-corrected chi connectivity index (χ0v) is 7.34. The number of carboxylic acids is 1. The fraction of sp³-hybridized carbons (Fsp3) is 0.200. The number of rotatable bonds is 3. The molecule has 0 spiro atoms. The van der Waals surface area contributed by atoms with Gasteiger partial charge >= 0.3 is 5.97 Å². The number of aliphatic hydroxyl groups is 1. The molecule has 1 atom stereocenters. The van der Waals surface area contributed by atoms with Crippen LogP contribution < -0.4 is 0 Å². The van der Waals surface area contributed by atoms with Crippen LogP contribution in [0.25, 0.3) is 0 Å². The van der Waals surface area contributed by atoms with E-state index < -0.39 is 12.1 Å². The van der Waals surface area contributed by atoms with Crippen LogP contribution in [-0.2, 0) is 11.2 Å². The molecular weight excluding hydrogens is 182 g/mol. The summed E-state index contributed by atoms with van der Waals surface area (Å²) in [5.41, 5.74) is 1.21. The topological polar surface area (TPSA) is 81.3 Å². The lowest BCUT2D eigenvalue weighted by Crippen LogP contribution is -2.21. The molecule has 4 nitrogen and oxygen atoms in total. The van der Waals surface area contributed by atoms with E-state index in [4.69, 9.17) is 15.5 Å². The van der Waals surface area contributed by atoms with Crippen molar-refractivity contribution in [2.75, 3.05) is 0 Å². The van der Waals surface area contributed by atoms with Crippen molar-refractivity contribution in [3.05, 3.63) is 35.4 Å². The molecule has 2 N–H and O–H groups in total. The van der Waals surface area contributed by atoms with E-state index in [0.717, 1.165) is 0 Å². The van der Waals surface area contributed by atoms with E-state index in [1.54, 1.807) is 24.3 Å². The van der Waals surface area contributed by atoms with Crippen LogP contribution in [0.5, 0.6) is 0 Å². The number of aliphatic hydroxyl groups excluding tert-OH is 1. The van der Waals surface area contributed by atoms with Crippen LogP contribution in [0.15, 0.2) is 24.3 Å². The van der Waals surface area contributed by atoms with E-state index in [-0.39, 0.29) is 6.42 Å². The largest absolute Gasteiger partial charge is 0.479 e. The number of nitrogens with zero attached hydrogens (tertiary/aromatic N) is 1. The second-order valence-corrected chi connectivity index (χ2v) is 2.87. The fourth-order valence-corrected chi connectivity index (χ4v) is 1.03. The molecule has 0 aliphatic heterocycles. The van der Waals surface area contributed by atoms with Crippen molar-refractivity contribution in [1.29, 1.82) is 5.26 Å². The Labute approximate surface area is 81.0 Å². The first-order valence-corrected chi connectivity index (χ1v) is 4.03. The lowest BCUT2D eigenvalue weighted by atomic mass is 10.1. The Morgan fingerprint density at radius 3 is 2.43 bits per heavy atom. The van der Waals surface area contributed by atoms with Crippen LogP contribution in [0.2, 0.25) is 0 Å². The average Bonchev–Trinajstić information content (AvgIpc) is 2.19. The molecule has 0 unspecified atom stereocenters. The standard InChI is InChI=1S/C10H9NO3/c11-6-8-3-1-7(2-4-8)5-9(12)10(13)14/h1-4,9,12H,5H2,(H,13,14)/t9-/m1/s1. The third-order valence-corrected chi connectivity index (χ3v) is 1.80. The number of benzene rings is 1. The maximum Gasteiger partial charge on any atom is 0.332 e. The smallest absolute Gasteiger partial charge is 0.332 e. The van der Waals surface area contributed by atoms with Gasteiger partial charge in [0.15, 0.2) is 6.10 Å². The van der Waals surface area contributed by atoms with Gasteiger partial charge in [0, 0.05) is 6.42 Å². The van der Waals surface area contributed by atoms with Gasteiger partial charge in [-0.3, -0.25) is 0 Å². The molecule has 72 valence electrons. The minimum Gasteiger partial charge on any atom is -0.479 e. The minimum absolute atomic E-state index is 0.0566. The zero-order valence-electron chi connectivity index (χ0n) is 7.34. The number of hydrogen-bond donors (Lipinski definition) is 2. The van der Waals surface area contributed by atoms with Gasteiger partial charge in [0.1, 0.15) is 0 Å². The van der Waals surface area contributed by atoms with Gasteiger partial charge in [-0.2, -0.15) is 5.26 Å². The minimum atomic E-state index is -1.39. The Bertz CT molecular complexity index is 364. The monoisotopic (exact) mass is 191 g/mol. The summed E-state index contributed by atoms with van der Waals surface area (Å²) in [6, 6.07) is 8.39. The van der Waals surface area contributed by atoms with Crippen LogP contribution in [0.1, 0.15) is 11.1 Å². The van der Waals surface area contributed by atoms with Gasteiger partial charge in [0.2, 0.25) is 0 Å². The first-order chi connectivity index (χ1) is 6.63. The Morgan fingerprint density at radius 1 is 1.43 bits per heavy atom. The van der Waals surface area contributed by atoms with Gasteiger partial charge in [-0.1, -0.05) is 12.1 Å². The molecule has 0 saturated carbocycles. The summed E-state index contributed by atoms with van der Waals surface area (Å²) in [7, 11) is 0. The van der Waals surface area contributed by atoms with E-state index in [1.807, 2.05) is 6.07 Å². The van der Waals surface area contributed by atoms with Crippen molar-refractivity contribution in [2.24, 2.45) is 0 Å². The van der Waals surface area contributed by atoms with E-state index in [9.17, 15) is 4.79 Å². The molecule has 1 rings (SSSR count). The number of carbonyl (C=O) groups is 1. The Morgan fingerprint density at radius 2 is 2.00 bits per heavy atom. The lowest BCUT2D eigenvalue weighted by molar-refractivity contribution is -0.146. The maximum absolute atomic E-state index is 10.3. The summed E-state index contributed by atoms with van der Waals surface area (Å²) in [4.78, 5) is 10.3. The van der Waals surface area contributed by atoms with Crippen LogP contribution >= 0.6 is 0 Å². The first kappa shape index (κ1) is 10.2. The molecule has 0 bridgehead atoms. The van der Waals surface area contributed by atoms with Crippen LogP contribution in [0, 0.1) is 11.3 Å². The van der Waals surface area contributed by atoms with Crippen molar-refractivity contribution in [3.8, 4) is 6.07 Å². The predicted octanol–water partition coefficient (Wildman–Crippen LogP) is 0.546. The van der Waals surface area contributed by atoms with E-state index in [0.29, 0.717) is 11.1 Å². The Balaban J connectivity index is 2.70. The van der Waals surface area contributed by atoms with Crippen molar-refractivity contribution in [1.82, 2.24) is 0 Å². The molecule has 0 heterocycles. The molecule has 0 aliphatic rings. The molecule has 0 radical (unpaired) electrons. The van der Waals surface area contributed by atoms with E-state index in [1.165, 1.54) is 0 Å². The molecular formula is C10H9NO3. The van der Waals surface area contributed by atoms with Crippen molar-refractivity contribution < 1.29 is 15.0 Å². The van der Waals surface area contributed by atoms with Gasteiger partial charge in [-0.15, -0.1) is 0 Å². The van der Waals surface area contributed by atoms with Crippen LogP contribution in [0.3, 0.4) is 0 Å². The summed E-state index contributed by atoms with van der Waals surface area (Å²) in [6.45, 7) is 0. The van der Waals surface area contributed by atoms with Gasteiger partial charge in [-0.25, -0.2) is 4.79 Å². The maximum atomic E-state index is 10.3. The molecule has 0 aliphatic carbocycles. The third kappa shape index (κ3) is 2.57. The van der Waals surface area contributed by atoms with Crippen molar-refractivity contribution in [3.63, 3.8) is 0 Å². The fourth-order valence-electron chi connectivity index (χ4n) is 1.03. The van der Waals surface area contributed by atoms with Crippen LogP contribution in [0.4, 0.5) is 0 Å². The molecule has 4 heteroatoms. The molecule has 0 saturated heterocycles. The molecule has 1 aromatic carbocycles. The van der Waals surface area contributed by atoms with Gasteiger partial charge in [0.05, 0.1) is 11.6 Å². The normalized spacial score (nSPS) is 11.7. The summed E-state index contributed by atoms with van der Waals surface area (Å²) < 4.78 is 0. The summed E-state index contributed by atoms with van der Waals surface area (Å²) >= 11 is 0. The summed E-state index contributed by atoms with van der Waals surface area (Å²) in [6.07, 6.45) is -1.33. The number of hydrogen-bond acceptors (Lipinski definition) is 3. The van der Waals surface area contributed by atoms with E-state index >= 15 is 0 Å². The number of aliphatic carboxylic acids is 1. The molecule has 0 amide bonds. The lowest BCUT2D eigenvalue weighted by Gasteiger charge is -2.04. The highest BCUT2D eigenvalue weighted by molar-refractivity contribution is 5.72. The van der Waals surface area contributed by atoms with Gasteiger partial charge in [-0.05, 0) is 17.7 Å². The highest BCUT2D eigenvalue weighted by Crippen LogP contribution is 2.06. The van der Waals surface area contributed by atoms with Crippen LogP contribution in [-0.4, -0.2) is 22.3 Å². The third-order valence-electron chi connectivity index (χ3n) is 1.80. The first-order valence-electron chi connectivity index (χ1n) is 4.03. The molecule has 0 aromatic heterocycles. The molecule has 0 fully saturated rings. The average molecular weight is 191 g/mol. The highest BCUT2D eigenvalue weighted by Gasteiger charge is 2.13. The highest BCUT2D eigenvalue weighted by atomic mass is 16.4. The number of carboxylic acid groups (broad SMARTS) is 1.